The van der Waals surface area contributed by atoms with Crippen molar-refractivity contribution in [1.82, 2.24) is 14.8 Å². The first-order valence-corrected chi connectivity index (χ1v) is 12.6. The number of hydrogen-bond acceptors (Lipinski definition) is 7. The van der Waals surface area contributed by atoms with Crippen molar-refractivity contribution in [2.45, 2.75) is 57.4 Å². The van der Waals surface area contributed by atoms with Gasteiger partial charge in [-0.25, -0.2) is 4.98 Å². The second-order valence-corrected chi connectivity index (χ2v) is 10.6. The second-order valence-electron chi connectivity index (χ2n) is 10.6. The van der Waals surface area contributed by atoms with Gasteiger partial charge in [-0.05, 0) is 42.7 Å². The highest BCUT2D eigenvalue weighted by molar-refractivity contribution is 6.00. The summed E-state index contributed by atoms with van der Waals surface area (Å²) in [6.45, 7) is 2.15. The lowest BCUT2D eigenvalue weighted by molar-refractivity contribution is -0.168. The summed E-state index contributed by atoms with van der Waals surface area (Å²) in [5, 5.41) is 0. The zero-order valence-electron chi connectivity index (χ0n) is 20.2. The highest BCUT2D eigenvalue weighted by Gasteiger charge is 2.57. The molecule has 3 amide bonds. The molecule has 0 radical (unpaired) electrons. The number of ether oxygens (including phenoxy) is 2. The second kappa shape index (κ2) is 8.97. The smallest absolute Gasteiger partial charge is 0.254 e. The molecule has 1 aromatic carbocycles. The molecule has 188 valence electrons. The summed E-state index contributed by atoms with van der Waals surface area (Å²) < 4.78 is 11.6. The van der Waals surface area contributed by atoms with Gasteiger partial charge >= 0.3 is 0 Å². The third-order valence-corrected chi connectivity index (χ3v) is 7.97. The quantitative estimate of drug-likeness (QED) is 0.614. The summed E-state index contributed by atoms with van der Waals surface area (Å²) in [7, 11) is 0. The molecule has 0 atom stereocenters. The molecular formula is C27H30N4O5. The highest BCUT2D eigenvalue weighted by atomic mass is 16.5. The largest absolute Gasteiger partial charge is 0.474 e. The van der Waals surface area contributed by atoms with Crippen LogP contribution in [0.5, 0.6) is 5.88 Å². The van der Waals surface area contributed by atoms with Crippen molar-refractivity contribution in [3.8, 4) is 5.88 Å². The predicted octanol–water partition coefficient (Wildman–Crippen LogP) is 1.81. The number of pyridine rings is 1. The van der Waals surface area contributed by atoms with E-state index in [1.165, 1.54) is 4.90 Å². The molecule has 36 heavy (non-hydrogen) atoms. The number of rotatable bonds is 6. The van der Waals surface area contributed by atoms with Crippen LogP contribution in [0.1, 0.15) is 52.9 Å². The molecule has 3 heterocycles. The number of fused-ring (bicyclic) bond motifs is 1. The topological polar surface area (TPSA) is 115 Å². The zero-order valence-corrected chi connectivity index (χ0v) is 20.2. The van der Waals surface area contributed by atoms with Gasteiger partial charge in [-0.1, -0.05) is 30.3 Å². The lowest BCUT2D eigenvalue weighted by Gasteiger charge is -2.59. The molecule has 2 aliphatic carbocycles. The van der Waals surface area contributed by atoms with E-state index in [0.717, 1.165) is 42.5 Å². The van der Waals surface area contributed by atoms with Gasteiger partial charge in [-0.2, -0.15) is 0 Å². The molecule has 1 saturated heterocycles. The van der Waals surface area contributed by atoms with Crippen LogP contribution in [0.3, 0.4) is 0 Å². The number of carbonyl (C=O) groups excluding carboxylic acids is 3. The first-order valence-electron chi connectivity index (χ1n) is 12.6. The van der Waals surface area contributed by atoms with E-state index >= 15 is 0 Å². The summed E-state index contributed by atoms with van der Waals surface area (Å²) >= 11 is 0. The monoisotopic (exact) mass is 490 g/mol. The molecule has 2 aromatic rings. The fourth-order valence-corrected chi connectivity index (χ4v) is 6.23. The number of amides is 3. The van der Waals surface area contributed by atoms with Gasteiger partial charge in [0.05, 0.1) is 32.0 Å². The maximum absolute atomic E-state index is 12.9. The Hall–Kier alpha value is -3.30. The third kappa shape index (κ3) is 4.26. The summed E-state index contributed by atoms with van der Waals surface area (Å²) in [5.41, 5.74) is 8.82. The van der Waals surface area contributed by atoms with E-state index in [0.29, 0.717) is 32.1 Å². The van der Waals surface area contributed by atoms with E-state index < -0.39 is 5.91 Å². The van der Waals surface area contributed by atoms with Crippen LogP contribution in [0.25, 0.3) is 0 Å². The van der Waals surface area contributed by atoms with Crippen LogP contribution in [0, 0.1) is 5.41 Å². The molecule has 3 fully saturated rings. The summed E-state index contributed by atoms with van der Waals surface area (Å²) in [4.78, 5) is 45.7. The van der Waals surface area contributed by atoms with Crippen LogP contribution in [-0.4, -0.2) is 64.3 Å². The van der Waals surface area contributed by atoms with Crippen molar-refractivity contribution in [1.29, 1.82) is 0 Å². The lowest BCUT2D eigenvalue weighted by Crippen LogP contribution is -2.65. The molecule has 1 spiro atoms. The Morgan fingerprint density at radius 1 is 1.11 bits per heavy atom. The van der Waals surface area contributed by atoms with Crippen LogP contribution in [0.15, 0.2) is 36.4 Å². The Balaban J connectivity index is 1.03. The van der Waals surface area contributed by atoms with E-state index in [4.69, 9.17) is 15.2 Å². The van der Waals surface area contributed by atoms with Crippen molar-refractivity contribution in [3.63, 3.8) is 0 Å². The van der Waals surface area contributed by atoms with Gasteiger partial charge in [0, 0.05) is 24.6 Å². The number of aromatic nitrogens is 1. The highest BCUT2D eigenvalue weighted by Crippen LogP contribution is 2.58. The van der Waals surface area contributed by atoms with Gasteiger partial charge in [0.2, 0.25) is 17.7 Å². The molecule has 0 unspecified atom stereocenters. The van der Waals surface area contributed by atoms with Gasteiger partial charge in [0.1, 0.15) is 11.7 Å². The Morgan fingerprint density at radius 3 is 2.53 bits per heavy atom. The van der Waals surface area contributed by atoms with Crippen LogP contribution in [0.4, 0.5) is 0 Å². The van der Waals surface area contributed by atoms with E-state index in [1.807, 2.05) is 35.2 Å². The minimum atomic E-state index is -0.563. The van der Waals surface area contributed by atoms with Crippen molar-refractivity contribution in [2.24, 2.45) is 11.1 Å². The third-order valence-electron chi connectivity index (χ3n) is 7.97. The molecule has 9 heteroatoms. The van der Waals surface area contributed by atoms with Gasteiger partial charge in [-0.3, -0.25) is 24.2 Å². The number of piperazine rings is 1. The summed E-state index contributed by atoms with van der Waals surface area (Å²) in [5.74, 6) is -0.476. The minimum absolute atomic E-state index is 0.0344. The first kappa shape index (κ1) is 23.1. The van der Waals surface area contributed by atoms with E-state index in [2.05, 4.69) is 4.98 Å². The molecule has 2 saturated carbocycles. The van der Waals surface area contributed by atoms with Crippen LogP contribution in [0.2, 0.25) is 0 Å². The normalized spacial score (nSPS) is 27.8. The van der Waals surface area contributed by atoms with E-state index in [9.17, 15) is 14.4 Å². The lowest BCUT2D eigenvalue weighted by atomic mass is 9.52. The minimum Gasteiger partial charge on any atom is -0.474 e. The molecule has 4 aliphatic rings. The molecule has 2 N–H and O–H groups in total. The number of carbonyl (C=O) groups is 3. The Labute approximate surface area is 209 Å². The van der Waals surface area contributed by atoms with Crippen LogP contribution in [-0.2, 0) is 33.9 Å². The summed E-state index contributed by atoms with van der Waals surface area (Å²) in [6, 6.07) is 11.6. The number of nitrogens with two attached hydrogens (primary N) is 1. The average molecular weight is 491 g/mol. The molecule has 0 bridgehead atoms. The molecule has 2 aliphatic heterocycles. The Bertz CT molecular complexity index is 1180. The SMILES string of the molecule is NC(=O)c1cc2c(nc1OC1CC3(C1)CC(N1C(=O)CN(Cc4ccccc4)CC1=O)C3)CCOC2. The number of primary amides is 1. The number of imide groups is 1. The number of hydrogen-bond donors (Lipinski definition) is 1. The Morgan fingerprint density at radius 2 is 1.83 bits per heavy atom. The number of benzene rings is 1. The van der Waals surface area contributed by atoms with E-state index in [1.54, 1.807) is 6.07 Å². The fraction of sp³-hybridized carbons (Fsp3) is 0.481. The zero-order chi connectivity index (χ0) is 24.9. The molecule has 9 nitrogen and oxygen atoms in total. The average Bonchev–Trinajstić information content (AvgIpc) is 2.80. The standard InChI is InChI=1S/C27H30N4O5/c28-25(34)21-8-18-16-35-7-6-22(18)29-26(21)36-20-11-27(12-20)9-19(10-27)31-23(32)14-30(15-24(31)33)13-17-4-2-1-3-5-17/h1-5,8,19-20H,6-7,9-16H2,(H2,28,34). The van der Waals surface area contributed by atoms with E-state index in [-0.39, 0.29) is 48.0 Å². The predicted molar refractivity (Wildman–Crippen MR) is 129 cm³/mol. The Kier molecular flexibility index (Phi) is 5.76. The van der Waals surface area contributed by atoms with Crippen molar-refractivity contribution in [2.75, 3.05) is 19.7 Å². The van der Waals surface area contributed by atoms with Gasteiger partial charge in [0.25, 0.3) is 5.91 Å². The summed E-state index contributed by atoms with van der Waals surface area (Å²) in [6.07, 6.45) is 3.88. The van der Waals surface area contributed by atoms with Crippen LogP contribution >= 0.6 is 0 Å². The van der Waals surface area contributed by atoms with Crippen LogP contribution < -0.4 is 10.5 Å². The molecular weight excluding hydrogens is 460 g/mol. The van der Waals surface area contributed by atoms with Crippen molar-refractivity contribution in [3.05, 3.63) is 58.8 Å². The fourth-order valence-electron chi connectivity index (χ4n) is 6.23. The maximum atomic E-state index is 12.9. The van der Waals surface area contributed by atoms with Gasteiger partial charge in [-0.15, -0.1) is 0 Å². The molecule has 1 aromatic heterocycles. The van der Waals surface area contributed by atoms with Crippen molar-refractivity contribution < 1.29 is 23.9 Å². The van der Waals surface area contributed by atoms with Gasteiger partial charge in [0.15, 0.2) is 0 Å². The van der Waals surface area contributed by atoms with Crippen molar-refractivity contribution >= 4 is 17.7 Å². The maximum Gasteiger partial charge on any atom is 0.254 e. The molecule has 6 rings (SSSR count). The first-order chi connectivity index (χ1) is 17.4. The number of nitrogens with zero attached hydrogens (tertiary/aromatic N) is 3. The van der Waals surface area contributed by atoms with Gasteiger partial charge < -0.3 is 15.2 Å².